The summed E-state index contributed by atoms with van der Waals surface area (Å²) in [4.78, 5) is 46.7. The fourth-order valence-electron chi connectivity index (χ4n) is 3.58. The Balaban J connectivity index is 3.01. The van der Waals surface area contributed by atoms with Gasteiger partial charge in [0.05, 0.1) is 17.4 Å². The van der Waals surface area contributed by atoms with Crippen molar-refractivity contribution in [2.45, 2.75) is 70.8 Å². The number of aldehydes is 2. The smallest absolute Gasteiger partial charge is 0.329 e. The monoisotopic (exact) mass is 417 g/mol. The molecule has 166 valence electrons. The van der Waals surface area contributed by atoms with Gasteiger partial charge >= 0.3 is 5.69 Å². The maximum Gasteiger partial charge on any atom is 0.329 e. The Morgan fingerprint density at radius 3 is 2.40 bits per heavy atom. The van der Waals surface area contributed by atoms with E-state index in [2.05, 4.69) is 11.9 Å². The maximum absolute atomic E-state index is 12.9. The molecule has 1 amide bonds. The summed E-state index contributed by atoms with van der Waals surface area (Å²) in [5, 5.41) is 2.54. The average molecular weight is 418 g/mol. The van der Waals surface area contributed by atoms with Gasteiger partial charge in [-0.1, -0.05) is 31.9 Å². The molecule has 0 aliphatic carbocycles. The molecule has 0 radical (unpaired) electrons. The molecule has 30 heavy (non-hydrogen) atoms. The second-order valence-corrected chi connectivity index (χ2v) is 7.44. The Morgan fingerprint density at radius 2 is 1.80 bits per heavy atom. The summed E-state index contributed by atoms with van der Waals surface area (Å²) >= 11 is 0. The van der Waals surface area contributed by atoms with Crippen LogP contribution in [0.15, 0.2) is 17.4 Å². The predicted octanol–water partition coefficient (Wildman–Crippen LogP) is 3.43. The minimum absolute atomic E-state index is 0.164. The molecule has 0 saturated heterocycles. The Kier molecular flexibility index (Phi) is 11.4. The molecule has 1 rings (SSSR count). The van der Waals surface area contributed by atoms with Crippen LogP contribution in [-0.2, 0) is 21.4 Å². The number of hydrogen-bond donors (Lipinski definition) is 1. The largest absolute Gasteiger partial charge is 0.359 e. The van der Waals surface area contributed by atoms with Crippen molar-refractivity contribution in [1.29, 1.82) is 0 Å². The molecular weight excluding hydrogens is 382 g/mol. The van der Waals surface area contributed by atoms with Crippen molar-refractivity contribution < 1.29 is 14.4 Å². The highest BCUT2D eigenvalue weighted by Crippen LogP contribution is 2.26. The van der Waals surface area contributed by atoms with E-state index in [1.54, 1.807) is 14.1 Å². The molecule has 0 spiro atoms. The molecule has 1 aromatic heterocycles. The summed E-state index contributed by atoms with van der Waals surface area (Å²) in [5.41, 5.74) is 1.94. The third-order valence-electron chi connectivity index (χ3n) is 5.23. The van der Waals surface area contributed by atoms with Crippen LogP contribution in [0.4, 0.5) is 0 Å². The molecule has 1 N–H and O–H groups in total. The quantitative estimate of drug-likeness (QED) is 0.350. The Hall–Kier alpha value is -2.70. The van der Waals surface area contributed by atoms with Gasteiger partial charge in [0.1, 0.15) is 12.6 Å². The maximum atomic E-state index is 12.9. The van der Waals surface area contributed by atoms with Crippen molar-refractivity contribution in [3.8, 4) is 0 Å². The fourth-order valence-corrected chi connectivity index (χ4v) is 3.58. The van der Waals surface area contributed by atoms with Crippen LogP contribution in [0.3, 0.4) is 0 Å². The van der Waals surface area contributed by atoms with Gasteiger partial charge in [0, 0.05) is 26.9 Å². The molecule has 1 heterocycles. The Bertz CT molecular complexity index is 817. The van der Waals surface area contributed by atoms with Crippen LogP contribution in [0, 0.1) is 0 Å². The van der Waals surface area contributed by atoms with E-state index in [9.17, 15) is 19.2 Å². The van der Waals surface area contributed by atoms with Gasteiger partial charge in [0.2, 0.25) is 5.91 Å². The van der Waals surface area contributed by atoms with Gasteiger partial charge in [-0.15, -0.1) is 0 Å². The molecule has 0 saturated carbocycles. The molecule has 0 aliphatic heterocycles. The van der Waals surface area contributed by atoms with E-state index in [-0.39, 0.29) is 24.4 Å². The predicted molar refractivity (Wildman–Crippen MR) is 120 cm³/mol. The van der Waals surface area contributed by atoms with Crippen LogP contribution in [-0.4, -0.2) is 34.7 Å². The van der Waals surface area contributed by atoms with Gasteiger partial charge in [-0.25, -0.2) is 4.79 Å². The first-order valence-corrected chi connectivity index (χ1v) is 10.6. The summed E-state index contributed by atoms with van der Waals surface area (Å²) in [5.74, 6) is -0.170. The zero-order chi connectivity index (χ0) is 22.5. The molecule has 0 aromatic carbocycles. The molecule has 1 aromatic rings. The lowest BCUT2D eigenvalue weighted by Gasteiger charge is -2.14. The van der Waals surface area contributed by atoms with Crippen molar-refractivity contribution in [2.75, 3.05) is 7.05 Å². The number of nitrogens with zero attached hydrogens (tertiary/aromatic N) is 2. The lowest BCUT2D eigenvalue weighted by molar-refractivity contribution is -0.121. The van der Waals surface area contributed by atoms with Gasteiger partial charge in [0.25, 0.3) is 0 Å². The first-order chi connectivity index (χ1) is 14.4. The van der Waals surface area contributed by atoms with E-state index in [4.69, 9.17) is 0 Å². The van der Waals surface area contributed by atoms with Crippen molar-refractivity contribution in [2.24, 2.45) is 7.05 Å². The second kappa shape index (κ2) is 13.5. The molecule has 0 fully saturated rings. The molecule has 7 nitrogen and oxygen atoms in total. The number of carbonyl (C=O) groups is 3. The summed E-state index contributed by atoms with van der Waals surface area (Å²) in [6, 6.07) is -0.716. The van der Waals surface area contributed by atoms with Gasteiger partial charge < -0.3 is 14.9 Å². The molecule has 0 aliphatic rings. The van der Waals surface area contributed by atoms with Crippen molar-refractivity contribution >= 4 is 30.1 Å². The van der Waals surface area contributed by atoms with E-state index in [0.29, 0.717) is 12.1 Å². The number of allylic oxidation sites excluding steroid dienone is 2. The number of rotatable bonds is 15. The highest BCUT2D eigenvalue weighted by atomic mass is 16.2. The van der Waals surface area contributed by atoms with Crippen LogP contribution < -0.4 is 11.0 Å². The molecular formula is C23H35N3O4. The van der Waals surface area contributed by atoms with Crippen LogP contribution in [0.2, 0.25) is 0 Å². The highest BCUT2D eigenvalue weighted by Gasteiger charge is 2.23. The van der Waals surface area contributed by atoms with Gasteiger partial charge in [-0.3, -0.25) is 13.9 Å². The summed E-state index contributed by atoms with van der Waals surface area (Å²) in [7, 11) is 3.23. The second-order valence-electron chi connectivity index (χ2n) is 7.44. The summed E-state index contributed by atoms with van der Waals surface area (Å²) in [6.07, 6.45) is 12.1. The normalized spacial score (nSPS) is 12.1. The van der Waals surface area contributed by atoms with Crippen molar-refractivity contribution in [1.82, 2.24) is 14.5 Å². The third-order valence-corrected chi connectivity index (χ3v) is 5.23. The molecule has 7 heteroatoms. The molecule has 0 bridgehead atoms. The van der Waals surface area contributed by atoms with Crippen molar-refractivity contribution in [3.63, 3.8) is 0 Å². The van der Waals surface area contributed by atoms with E-state index >= 15 is 0 Å². The minimum Gasteiger partial charge on any atom is -0.359 e. The number of unbranched alkanes of at least 4 members (excludes halogenated alkanes) is 5. The fraction of sp³-hybridized carbons (Fsp3) is 0.565. The number of carbonyl (C=O) groups excluding carboxylic acids is 3. The van der Waals surface area contributed by atoms with E-state index in [1.165, 1.54) is 9.13 Å². The highest BCUT2D eigenvalue weighted by molar-refractivity contribution is 5.76. The number of amides is 1. The summed E-state index contributed by atoms with van der Waals surface area (Å²) < 4.78 is 3.01. The van der Waals surface area contributed by atoms with Gasteiger partial charge in [0.15, 0.2) is 0 Å². The van der Waals surface area contributed by atoms with Crippen molar-refractivity contribution in [3.05, 3.63) is 34.5 Å². The molecule has 1 atom stereocenters. The van der Waals surface area contributed by atoms with Crippen LogP contribution in [0.5, 0.6) is 0 Å². The SMILES string of the molecule is C=C(CCCCCCCC=O)c1c(/C=C\C)n(C(C=O)CCC(=O)NC)c(=O)n1C. The number of hydrogen-bond acceptors (Lipinski definition) is 4. The first kappa shape index (κ1) is 25.3. The lowest BCUT2D eigenvalue weighted by atomic mass is 10.0. The van der Waals surface area contributed by atoms with Gasteiger partial charge in [-0.2, -0.15) is 0 Å². The van der Waals surface area contributed by atoms with Crippen LogP contribution in [0.1, 0.15) is 82.1 Å². The summed E-state index contributed by atoms with van der Waals surface area (Å²) in [6.45, 7) is 6.05. The zero-order valence-corrected chi connectivity index (χ0v) is 18.5. The standard InChI is InChI=1S/C23H35N3O4/c1-5-12-20-22(18(2)13-10-8-6-7-9-11-16-27)25(4)23(30)26(20)19(17-28)14-15-21(29)24-3/h5,12,16-17,19H,2,6-11,13-15H2,1,3-4H3,(H,24,29)/b12-5-. The lowest BCUT2D eigenvalue weighted by Crippen LogP contribution is -2.29. The number of nitrogens with one attached hydrogen (secondary N) is 1. The van der Waals surface area contributed by atoms with Crippen LogP contribution >= 0.6 is 0 Å². The van der Waals surface area contributed by atoms with E-state index in [1.807, 2.05) is 19.1 Å². The average Bonchev–Trinajstić information content (AvgIpc) is 2.98. The van der Waals surface area contributed by atoms with E-state index in [0.717, 1.165) is 62.4 Å². The molecule has 1 unspecified atom stereocenters. The Labute approximate surface area is 178 Å². The topological polar surface area (TPSA) is 90.2 Å². The minimum atomic E-state index is -0.716. The third kappa shape index (κ3) is 6.97. The van der Waals surface area contributed by atoms with Gasteiger partial charge in [-0.05, 0) is 44.3 Å². The number of aromatic nitrogens is 2. The van der Waals surface area contributed by atoms with Crippen LogP contribution in [0.25, 0.3) is 11.6 Å². The Morgan fingerprint density at radius 1 is 1.13 bits per heavy atom. The first-order valence-electron chi connectivity index (χ1n) is 10.6. The van der Waals surface area contributed by atoms with E-state index < -0.39 is 6.04 Å². The number of imidazole rings is 1. The zero-order valence-electron chi connectivity index (χ0n) is 18.5.